The fourth-order valence-electron chi connectivity index (χ4n) is 7.63. The summed E-state index contributed by atoms with van der Waals surface area (Å²) in [6.07, 6.45) is -0.680. The molecule has 0 saturated carbocycles. The zero-order valence-corrected chi connectivity index (χ0v) is 38.0. The Balaban J connectivity index is 1.83. The molecule has 0 aromatic heterocycles. The normalized spacial score (nSPS) is 18.2. The summed E-state index contributed by atoms with van der Waals surface area (Å²) >= 11 is 0. The number of carbonyl (C=O) groups is 8. The van der Waals surface area contributed by atoms with Crippen LogP contribution in [0.1, 0.15) is 118 Å². The Morgan fingerprint density at radius 3 is 2.18 bits per heavy atom. The van der Waals surface area contributed by atoms with E-state index in [9.17, 15) is 43.5 Å². The lowest BCUT2D eigenvalue weighted by molar-refractivity contribution is -0.155. The van der Waals surface area contributed by atoms with Gasteiger partial charge in [0.25, 0.3) is 5.91 Å². The number of ketones is 1. The van der Waals surface area contributed by atoms with Crippen molar-refractivity contribution >= 4 is 47.4 Å². The average Bonchev–Trinajstić information content (AvgIpc) is 3.64. The Labute approximate surface area is 366 Å². The van der Waals surface area contributed by atoms with E-state index in [1.807, 2.05) is 38.1 Å². The molecule has 1 aromatic carbocycles. The molecule has 17 nitrogen and oxygen atoms in total. The van der Waals surface area contributed by atoms with Crippen molar-refractivity contribution in [2.24, 2.45) is 17.8 Å². The molecule has 3 unspecified atom stereocenters. The highest BCUT2D eigenvalue weighted by atomic mass is 16.6. The van der Waals surface area contributed by atoms with Gasteiger partial charge >= 0.3 is 12.1 Å². The molecule has 1 fully saturated rings. The van der Waals surface area contributed by atoms with Crippen molar-refractivity contribution < 1.29 is 52.9 Å². The van der Waals surface area contributed by atoms with Gasteiger partial charge in [0.1, 0.15) is 36.1 Å². The second-order valence-corrected chi connectivity index (χ2v) is 18.0. The standard InChI is InChI=1S/C45H70N6O11/c1-10-15-34(39(55)42(58)47-24-37(54)62-45(6,7)8)48-41(57)35-23-32(61-44(60)50-21-20-29-16-11-12-17-30(29)25-50)26-51(35)43(59)38(28(4)5)49-40(56)33(27(2)3)22-31(52)18-13-14-19-36(53)46-9/h11-12,16-17,27-28,32-35,38-39,55H,10,13-15,18-26H2,1-9H3,(H,46,53)(H,47,58)(H,48,57)(H,49,56)/t32?,33-,34?,35-,38-,39?/m0/s1. The van der Waals surface area contributed by atoms with E-state index in [0.29, 0.717) is 45.2 Å². The molecule has 5 N–H and O–H groups in total. The van der Waals surface area contributed by atoms with Crippen LogP contribution in [0, 0.1) is 17.8 Å². The SMILES string of the molecule is CCCC(NC(=O)[C@@H]1CC(OC(=O)N2CCc3ccccc3C2)CN1C(=O)[C@@H](NC(=O)[C@@H](CC(=O)CCCCC(=O)NC)C(C)C)C(C)C)C(O)C(=O)NCC(=O)OC(C)(C)C. The smallest absolute Gasteiger partial charge is 0.410 e. The fourth-order valence-corrected chi connectivity index (χ4v) is 7.63. The van der Waals surface area contributed by atoms with E-state index >= 15 is 0 Å². The summed E-state index contributed by atoms with van der Waals surface area (Å²) in [5, 5.41) is 21.6. The second-order valence-electron chi connectivity index (χ2n) is 18.0. The highest BCUT2D eigenvalue weighted by molar-refractivity contribution is 5.95. The molecule has 3 rings (SSSR count). The van der Waals surface area contributed by atoms with Gasteiger partial charge in [-0.15, -0.1) is 0 Å². The van der Waals surface area contributed by atoms with Crippen molar-refractivity contribution in [1.82, 2.24) is 31.1 Å². The molecule has 0 bridgehead atoms. The molecule has 1 saturated heterocycles. The third-order valence-corrected chi connectivity index (χ3v) is 11.1. The van der Waals surface area contributed by atoms with Gasteiger partial charge in [-0.25, -0.2) is 4.79 Å². The maximum atomic E-state index is 14.6. The number of carbonyl (C=O) groups excluding carboxylic acids is 8. The first-order valence-corrected chi connectivity index (χ1v) is 22.0. The lowest BCUT2D eigenvalue weighted by Crippen LogP contribution is -2.58. The maximum absolute atomic E-state index is 14.6. The van der Waals surface area contributed by atoms with Crippen molar-refractivity contribution in [3.63, 3.8) is 0 Å². The lowest BCUT2D eigenvalue weighted by atomic mass is 9.88. The Morgan fingerprint density at radius 2 is 1.56 bits per heavy atom. The van der Waals surface area contributed by atoms with Crippen LogP contribution in [0.4, 0.5) is 4.79 Å². The number of nitrogens with one attached hydrogen (secondary N) is 4. The number of amides is 6. The number of rotatable bonds is 21. The van der Waals surface area contributed by atoms with Gasteiger partial charge in [0.05, 0.1) is 12.6 Å². The molecule has 2 heterocycles. The monoisotopic (exact) mass is 871 g/mol. The minimum absolute atomic E-state index is 0.0529. The number of benzene rings is 1. The van der Waals surface area contributed by atoms with Gasteiger partial charge in [0, 0.05) is 51.7 Å². The third kappa shape index (κ3) is 15.7. The van der Waals surface area contributed by atoms with Crippen LogP contribution >= 0.6 is 0 Å². The molecule has 6 atom stereocenters. The van der Waals surface area contributed by atoms with Crippen LogP contribution in [0.5, 0.6) is 0 Å². The van der Waals surface area contributed by atoms with Gasteiger partial charge in [-0.2, -0.15) is 0 Å². The van der Waals surface area contributed by atoms with Crippen molar-refractivity contribution in [3.05, 3.63) is 35.4 Å². The predicted octanol–water partition coefficient (Wildman–Crippen LogP) is 2.93. The summed E-state index contributed by atoms with van der Waals surface area (Å²) in [6, 6.07) is 4.31. The van der Waals surface area contributed by atoms with E-state index in [0.717, 1.165) is 11.1 Å². The molecular weight excluding hydrogens is 801 g/mol. The van der Waals surface area contributed by atoms with E-state index in [1.165, 1.54) is 4.90 Å². The van der Waals surface area contributed by atoms with E-state index in [4.69, 9.17) is 9.47 Å². The molecule has 62 heavy (non-hydrogen) atoms. The van der Waals surface area contributed by atoms with Crippen molar-refractivity contribution in [2.45, 2.75) is 156 Å². The molecule has 1 aromatic rings. The van der Waals surface area contributed by atoms with Crippen LogP contribution in [0.25, 0.3) is 0 Å². The first-order chi connectivity index (χ1) is 29.1. The minimum atomic E-state index is -1.77. The van der Waals surface area contributed by atoms with Gasteiger partial charge < -0.3 is 45.6 Å². The number of aliphatic hydroxyl groups excluding tert-OH is 1. The molecule has 0 radical (unpaired) electrons. The van der Waals surface area contributed by atoms with E-state index < -0.39 is 90.0 Å². The number of esters is 1. The highest BCUT2D eigenvalue weighted by Crippen LogP contribution is 2.27. The number of aliphatic hydroxyl groups is 1. The first kappa shape index (κ1) is 51.3. The van der Waals surface area contributed by atoms with Gasteiger partial charge in [-0.1, -0.05) is 65.3 Å². The predicted molar refractivity (Wildman–Crippen MR) is 230 cm³/mol. The molecule has 17 heteroatoms. The quantitative estimate of drug-likeness (QED) is 0.0891. The van der Waals surface area contributed by atoms with E-state index in [-0.39, 0.29) is 49.8 Å². The number of Topliss-reactive ketones (excluding diaryl/α,β-unsaturated/α-hetero) is 1. The number of likely N-dealkylation sites (tertiary alicyclic amines) is 1. The van der Waals surface area contributed by atoms with E-state index in [1.54, 1.807) is 53.5 Å². The fraction of sp³-hybridized carbons (Fsp3) is 0.689. The van der Waals surface area contributed by atoms with Crippen LogP contribution in [-0.2, 0) is 56.0 Å². The van der Waals surface area contributed by atoms with Crippen molar-refractivity contribution in [2.75, 3.05) is 26.7 Å². The number of hydrogen-bond donors (Lipinski definition) is 5. The summed E-state index contributed by atoms with van der Waals surface area (Å²) in [4.78, 5) is 109. The van der Waals surface area contributed by atoms with Crippen molar-refractivity contribution in [3.8, 4) is 0 Å². The van der Waals surface area contributed by atoms with Crippen LogP contribution in [0.3, 0.4) is 0 Å². The minimum Gasteiger partial charge on any atom is -0.459 e. The lowest BCUT2D eigenvalue weighted by Gasteiger charge is -2.33. The van der Waals surface area contributed by atoms with Crippen LogP contribution in [0.15, 0.2) is 24.3 Å². The molecule has 2 aliphatic rings. The van der Waals surface area contributed by atoms with Gasteiger partial charge in [-0.05, 0) is 69.4 Å². The maximum Gasteiger partial charge on any atom is 0.410 e. The van der Waals surface area contributed by atoms with E-state index in [2.05, 4.69) is 21.3 Å². The summed E-state index contributed by atoms with van der Waals surface area (Å²) in [5.74, 6) is -5.17. The van der Waals surface area contributed by atoms with Crippen LogP contribution in [0.2, 0.25) is 0 Å². The highest BCUT2D eigenvalue weighted by Gasteiger charge is 2.46. The van der Waals surface area contributed by atoms with Gasteiger partial charge in [0.15, 0.2) is 6.10 Å². The third-order valence-electron chi connectivity index (χ3n) is 11.1. The number of fused-ring (bicyclic) bond motifs is 1. The Hall–Kier alpha value is -5.06. The molecule has 6 amide bonds. The largest absolute Gasteiger partial charge is 0.459 e. The Morgan fingerprint density at radius 1 is 0.903 bits per heavy atom. The average molecular weight is 871 g/mol. The zero-order chi connectivity index (χ0) is 46.3. The summed E-state index contributed by atoms with van der Waals surface area (Å²) in [7, 11) is 1.55. The summed E-state index contributed by atoms with van der Waals surface area (Å²) in [6.45, 7) is 14.0. The number of hydrogen-bond acceptors (Lipinski definition) is 11. The van der Waals surface area contributed by atoms with Crippen molar-refractivity contribution in [1.29, 1.82) is 0 Å². The second kappa shape index (κ2) is 24.0. The molecule has 0 aliphatic carbocycles. The van der Waals surface area contributed by atoms with Crippen LogP contribution < -0.4 is 21.3 Å². The number of unbranched alkanes of at least 4 members (excludes halogenated alkanes) is 1. The van der Waals surface area contributed by atoms with Gasteiger partial charge in [0.2, 0.25) is 23.6 Å². The molecule has 346 valence electrons. The van der Waals surface area contributed by atoms with Crippen LogP contribution in [-0.4, -0.2) is 125 Å². The topological polar surface area (TPSA) is 230 Å². The first-order valence-electron chi connectivity index (χ1n) is 22.0. The van der Waals surface area contributed by atoms with Gasteiger partial charge in [-0.3, -0.25) is 33.6 Å². The molecule has 0 spiro atoms. The summed E-state index contributed by atoms with van der Waals surface area (Å²) < 4.78 is 11.2. The Bertz CT molecular complexity index is 1740. The summed E-state index contributed by atoms with van der Waals surface area (Å²) in [5.41, 5.74) is 1.33. The zero-order valence-electron chi connectivity index (χ0n) is 38.0. The number of nitrogens with zero attached hydrogens (tertiary/aromatic N) is 2. The Kier molecular flexibility index (Phi) is 19.8. The molecular formula is C45H70N6O11. The number of ether oxygens (including phenoxy) is 2. The molecule has 2 aliphatic heterocycles.